The number of rotatable bonds is 3. The molecule has 0 saturated carbocycles. The lowest BCUT2D eigenvalue weighted by atomic mass is 10.0. The highest BCUT2D eigenvalue weighted by molar-refractivity contribution is 7.16. The number of aromatic hydroxyl groups is 1. The van der Waals surface area contributed by atoms with Crippen LogP contribution in [0.25, 0.3) is 0 Å². The number of fused-ring (bicyclic) bond motifs is 3. The molecule has 1 aromatic carbocycles. The molecule has 132 valence electrons. The van der Waals surface area contributed by atoms with E-state index in [1.54, 1.807) is 29.5 Å². The minimum atomic E-state index is -0.336. The van der Waals surface area contributed by atoms with E-state index in [4.69, 9.17) is 4.74 Å². The van der Waals surface area contributed by atoms with Crippen molar-refractivity contribution in [2.24, 2.45) is 0 Å². The lowest BCUT2D eigenvalue weighted by Gasteiger charge is -2.28. The van der Waals surface area contributed by atoms with Gasteiger partial charge in [-0.2, -0.15) is 0 Å². The predicted molar refractivity (Wildman–Crippen MR) is 97.5 cm³/mol. The number of anilines is 1. The van der Waals surface area contributed by atoms with Gasteiger partial charge in [0, 0.05) is 18.0 Å². The van der Waals surface area contributed by atoms with Crippen molar-refractivity contribution in [3.63, 3.8) is 0 Å². The smallest absolute Gasteiger partial charge is 0.256 e. The molecule has 25 heavy (non-hydrogen) atoms. The van der Waals surface area contributed by atoms with Crippen molar-refractivity contribution in [1.82, 2.24) is 10.2 Å². The number of benzene rings is 1. The van der Waals surface area contributed by atoms with Gasteiger partial charge in [0.2, 0.25) is 0 Å². The fraction of sp³-hybridized carbons (Fsp3) is 0.389. The van der Waals surface area contributed by atoms with E-state index in [1.165, 1.54) is 17.6 Å². The predicted octanol–water partition coefficient (Wildman–Crippen LogP) is 2.69. The third kappa shape index (κ3) is 2.73. The third-order valence-corrected chi connectivity index (χ3v) is 6.05. The Labute approximate surface area is 150 Å². The van der Waals surface area contributed by atoms with Crippen LogP contribution < -0.4 is 15.4 Å². The van der Waals surface area contributed by atoms with Gasteiger partial charge in [0.15, 0.2) is 11.5 Å². The normalized spacial score (nSPS) is 19.6. The molecule has 6 nitrogen and oxygen atoms in total. The van der Waals surface area contributed by atoms with Gasteiger partial charge >= 0.3 is 0 Å². The Balaban J connectivity index is 1.66. The molecule has 0 fully saturated rings. The van der Waals surface area contributed by atoms with Crippen LogP contribution in [0.1, 0.15) is 39.5 Å². The van der Waals surface area contributed by atoms with Gasteiger partial charge in [-0.05, 0) is 36.2 Å². The number of methoxy groups -OCH3 is 1. The van der Waals surface area contributed by atoms with E-state index in [0.717, 1.165) is 42.2 Å². The van der Waals surface area contributed by atoms with Crippen LogP contribution in [0, 0.1) is 0 Å². The van der Waals surface area contributed by atoms with Crippen molar-refractivity contribution in [1.29, 1.82) is 0 Å². The highest BCUT2D eigenvalue weighted by Crippen LogP contribution is 2.41. The van der Waals surface area contributed by atoms with Crippen LogP contribution in [0.4, 0.5) is 5.00 Å². The van der Waals surface area contributed by atoms with Gasteiger partial charge in [-0.15, -0.1) is 11.3 Å². The van der Waals surface area contributed by atoms with Crippen molar-refractivity contribution in [3.05, 3.63) is 39.8 Å². The maximum Gasteiger partial charge on any atom is 0.256 e. The summed E-state index contributed by atoms with van der Waals surface area (Å²) in [5.41, 5.74) is 2.84. The molecule has 3 heterocycles. The number of hydrogen-bond acceptors (Lipinski definition) is 6. The molecule has 0 spiro atoms. The first kappa shape index (κ1) is 16.2. The standard InChI is InChI=1S/C18H21N3O3S/c1-3-21-7-6-11-14(9-21)25-18-15(11)17(23)19-16(20-18)10-4-5-12(22)13(8-10)24-2/h4-5,8,16,20,22H,3,6-7,9H2,1-2H3,(H,19,23)/t16-/m0/s1. The van der Waals surface area contributed by atoms with E-state index in [0.29, 0.717) is 5.75 Å². The maximum atomic E-state index is 12.7. The summed E-state index contributed by atoms with van der Waals surface area (Å²) in [4.78, 5) is 16.4. The second-order valence-electron chi connectivity index (χ2n) is 6.31. The van der Waals surface area contributed by atoms with Crippen LogP contribution in [-0.4, -0.2) is 36.1 Å². The maximum absolute atomic E-state index is 12.7. The number of phenolic OH excluding ortho intramolecular Hbond substituents is 1. The zero-order valence-corrected chi connectivity index (χ0v) is 15.1. The second-order valence-corrected chi connectivity index (χ2v) is 7.41. The molecule has 2 aromatic rings. The molecule has 0 aliphatic carbocycles. The number of nitrogens with zero attached hydrogens (tertiary/aromatic N) is 1. The minimum Gasteiger partial charge on any atom is -0.504 e. The number of hydrogen-bond donors (Lipinski definition) is 3. The molecule has 2 aliphatic heterocycles. The van der Waals surface area contributed by atoms with E-state index in [1.807, 2.05) is 0 Å². The van der Waals surface area contributed by atoms with Crippen molar-refractivity contribution < 1.29 is 14.6 Å². The number of carbonyl (C=O) groups is 1. The molecule has 1 atom stereocenters. The van der Waals surface area contributed by atoms with Crippen LogP contribution >= 0.6 is 11.3 Å². The van der Waals surface area contributed by atoms with E-state index in [-0.39, 0.29) is 17.8 Å². The second kappa shape index (κ2) is 6.24. The average molecular weight is 359 g/mol. The highest BCUT2D eigenvalue weighted by Gasteiger charge is 2.33. The number of phenols is 1. The van der Waals surface area contributed by atoms with Gasteiger partial charge in [-0.1, -0.05) is 13.0 Å². The fourth-order valence-electron chi connectivity index (χ4n) is 3.48. The number of nitrogens with one attached hydrogen (secondary N) is 2. The van der Waals surface area contributed by atoms with E-state index in [2.05, 4.69) is 22.5 Å². The van der Waals surface area contributed by atoms with Gasteiger partial charge in [0.25, 0.3) is 5.91 Å². The number of carbonyl (C=O) groups excluding carboxylic acids is 1. The lowest BCUT2D eigenvalue weighted by Crippen LogP contribution is -2.38. The van der Waals surface area contributed by atoms with Crippen LogP contribution in [0.5, 0.6) is 11.5 Å². The molecule has 1 amide bonds. The minimum absolute atomic E-state index is 0.0340. The first-order valence-electron chi connectivity index (χ1n) is 8.42. The Bertz CT molecular complexity index is 833. The summed E-state index contributed by atoms with van der Waals surface area (Å²) in [5.74, 6) is 0.442. The topological polar surface area (TPSA) is 73.8 Å². The number of ether oxygens (including phenoxy) is 1. The van der Waals surface area contributed by atoms with Crippen molar-refractivity contribution >= 4 is 22.2 Å². The molecular weight excluding hydrogens is 338 g/mol. The zero-order chi connectivity index (χ0) is 17.6. The Morgan fingerprint density at radius 3 is 3.00 bits per heavy atom. The van der Waals surface area contributed by atoms with Crippen molar-refractivity contribution in [2.45, 2.75) is 26.1 Å². The van der Waals surface area contributed by atoms with Crippen LogP contribution in [0.3, 0.4) is 0 Å². The van der Waals surface area contributed by atoms with Crippen LogP contribution in [-0.2, 0) is 13.0 Å². The monoisotopic (exact) mass is 359 g/mol. The Hall–Kier alpha value is -2.25. The van der Waals surface area contributed by atoms with Crippen molar-refractivity contribution in [2.75, 3.05) is 25.5 Å². The number of likely N-dealkylation sites (N-methyl/N-ethyl adjacent to an activating group) is 1. The van der Waals surface area contributed by atoms with Gasteiger partial charge in [-0.3, -0.25) is 9.69 Å². The van der Waals surface area contributed by atoms with Gasteiger partial charge in [0.05, 0.1) is 12.7 Å². The number of amides is 1. The third-order valence-electron chi connectivity index (χ3n) is 4.90. The molecule has 0 radical (unpaired) electrons. The van der Waals surface area contributed by atoms with Crippen LogP contribution in [0.15, 0.2) is 18.2 Å². The largest absolute Gasteiger partial charge is 0.504 e. The first-order chi connectivity index (χ1) is 12.1. The van der Waals surface area contributed by atoms with Gasteiger partial charge < -0.3 is 20.5 Å². The van der Waals surface area contributed by atoms with E-state index < -0.39 is 0 Å². The Kier molecular flexibility index (Phi) is 4.05. The summed E-state index contributed by atoms with van der Waals surface area (Å²) in [5, 5.41) is 17.2. The summed E-state index contributed by atoms with van der Waals surface area (Å²) < 4.78 is 5.17. The SMILES string of the molecule is CCN1CCc2c(sc3c2C(=O)N[C@H](c2ccc(O)c(OC)c2)N3)C1. The zero-order valence-electron chi connectivity index (χ0n) is 14.3. The summed E-state index contributed by atoms with van der Waals surface area (Å²) in [6.07, 6.45) is 0.582. The van der Waals surface area contributed by atoms with Crippen LogP contribution in [0.2, 0.25) is 0 Å². The van der Waals surface area contributed by atoms with E-state index in [9.17, 15) is 9.90 Å². The molecule has 3 N–H and O–H groups in total. The molecule has 4 rings (SSSR count). The molecule has 2 aliphatic rings. The first-order valence-corrected chi connectivity index (χ1v) is 9.23. The fourth-order valence-corrected chi connectivity index (χ4v) is 4.79. The lowest BCUT2D eigenvalue weighted by molar-refractivity contribution is 0.0934. The molecule has 1 aromatic heterocycles. The van der Waals surface area contributed by atoms with Gasteiger partial charge in [-0.25, -0.2) is 0 Å². The molecule has 0 unspecified atom stereocenters. The molecule has 7 heteroatoms. The average Bonchev–Trinajstić information content (AvgIpc) is 2.99. The summed E-state index contributed by atoms with van der Waals surface area (Å²) in [7, 11) is 1.51. The van der Waals surface area contributed by atoms with Crippen molar-refractivity contribution in [3.8, 4) is 11.5 Å². The summed E-state index contributed by atoms with van der Waals surface area (Å²) >= 11 is 1.68. The highest BCUT2D eigenvalue weighted by atomic mass is 32.1. The van der Waals surface area contributed by atoms with E-state index >= 15 is 0 Å². The Morgan fingerprint density at radius 2 is 2.24 bits per heavy atom. The molecule has 0 bridgehead atoms. The molecule has 0 saturated heterocycles. The summed E-state index contributed by atoms with van der Waals surface area (Å²) in [6, 6.07) is 5.10. The van der Waals surface area contributed by atoms with Gasteiger partial charge in [0.1, 0.15) is 11.2 Å². The quantitative estimate of drug-likeness (QED) is 0.786. The Morgan fingerprint density at radius 1 is 1.40 bits per heavy atom. The summed E-state index contributed by atoms with van der Waals surface area (Å²) in [6.45, 7) is 5.10. The number of thiophene rings is 1. The molecular formula is C18H21N3O3S.